The molecular formula is C17H13FN4O2S. The molecule has 1 aromatic carbocycles. The molecule has 25 heavy (non-hydrogen) atoms. The van der Waals surface area contributed by atoms with Crippen LogP contribution in [-0.2, 0) is 6.54 Å². The molecule has 0 aliphatic carbocycles. The van der Waals surface area contributed by atoms with Crippen molar-refractivity contribution < 1.29 is 14.0 Å². The van der Waals surface area contributed by atoms with Crippen molar-refractivity contribution in [2.75, 3.05) is 0 Å². The lowest BCUT2D eigenvalue weighted by molar-refractivity contribution is 0.0995. The van der Waals surface area contributed by atoms with Crippen LogP contribution in [0.1, 0.15) is 26.4 Å². The van der Waals surface area contributed by atoms with E-state index in [9.17, 15) is 14.0 Å². The molecule has 0 bridgehead atoms. The molecule has 2 aromatic heterocycles. The second kappa shape index (κ2) is 7.18. The predicted octanol–water partition coefficient (Wildman–Crippen LogP) is 1.97. The van der Waals surface area contributed by atoms with Gasteiger partial charge in [-0.3, -0.25) is 14.6 Å². The summed E-state index contributed by atoms with van der Waals surface area (Å²) in [7, 11) is 0. The van der Waals surface area contributed by atoms with Crippen LogP contribution in [0, 0.1) is 5.82 Å². The number of pyridine rings is 1. The van der Waals surface area contributed by atoms with E-state index in [1.807, 2.05) is 0 Å². The molecule has 0 saturated heterocycles. The van der Waals surface area contributed by atoms with Crippen LogP contribution < -0.4 is 10.5 Å². The van der Waals surface area contributed by atoms with Crippen LogP contribution in [0.15, 0.2) is 59.2 Å². The highest BCUT2D eigenvalue weighted by molar-refractivity contribution is 7.07. The van der Waals surface area contributed by atoms with E-state index in [0.717, 1.165) is 0 Å². The number of amides is 2. The Hall–Kier alpha value is -3.13. The smallest absolute Gasteiger partial charge is 0.279 e. The maximum absolute atomic E-state index is 13.8. The number of carbonyl (C=O) groups excluding carboxylic acids is 2. The van der Waals surface area contributed by atoms with Gasteiger partial charge in [0.15, 0.2) is 4.80 Å². The fourth-order valence-corrected chi connectivity index (χ4v) is 2.89. The second-order valence-corrected chi connectivity index (χ2v) is 5.99. The molecule has 0 unspecified atom stereocenters. The van der Waals surface area contributed by atoms with Crippen molar-refractivity contribution in [2.45, 2.75) is 6.54 Å². The third-order valence-electron chi connectivity index (χ3n) is 3.42. The Morgan fingerprint density at radius 3 is 2.84 bits per heavy atom. The molecule has 3 aromatic rings. The van der Waals surface area contributed by atoms with Gasteiger partial charge in [-0.1, -0.05) is 18.2 Å². The molecule has 6 nitrogen and oxygen atoms in total. The molecule has 2 amide bonds. The maximum Gasteiger partial charge on any atom is 0.279 e. The number of nitrogens with zero attached hydrogens (tertiary/aromatic N) is 3. The van der Waals surface area contributed by atoms with Crippen molar-refractivity contribution in [3.63, 3.8) is 0 Å². The van der Waals surface area contributed by atoms with Crippen molar-refractivity contribution >= 4 is 23.2 Å². The molecule has 0 aliphatic heterocycles. The summed E-state index contributed by atoms with van der Waals surface area (Å²) in [5.74, 6) is -1.58. The van der Waals surface area contributed by atoms with Crippen molar-refractivity contribution in [3.05, 3.63) is 81.6 Å². The lowest BCUT2D eigenvalue weighted by atomic mass is 10.2. The second-order valence-electron chi connectivity index (χ2n) is 5.12. The summed E-state index contributed by atoms with van der Waals surface area (Å²) < 4.78 is 15.5. The number of hydrogen-bond donors (Lipinski definition) is 1. The molecule has 0 atom stereocenters. The van der Waals surface area contributed by atoms with E-state index < -0.39 is 11.8 Å². The lowest BCUT2D eigenvalue weighted by Gasteiger charge is -2.04. The van der Waals surface area contributed by atoms with Crippen LogP contribution in [-0.4, -0.2) is 21.4 Å². The molecule has 0 radical (unpaired) electrons. The lowest BCUT2D eigenvalue weighted by Crippen LogP contribution is -2.18. The number of benzene rings is 1. The number of primary amides is 1. The van der Waals surface area contributed by atoms with Gasteiger partial charge in [-0.05, 0) is 18.2 Å². The Morgan fingerprint density at radius 1 is 1.28 bits per heavy atom. The van der Waals surface area contributed by atoms with Gasteiger partial charge in [0.2, 0.25) is 0 Å². The monoisotopic (exact) mass is 356 g/mol. The van der Waals surface area contributed by atoms with Crippen molar-refractivity contribution in [1.82, 2.24) is 9.55 Å². The van der Waals surface area contributed by atoms with Gasteiger partial charge in [0.25, 0.3) is 11.8 Å². The molecule has 0 spiro atoms. The molecule has 2 heterocycles. The van der Waals surface area contributed by atoms with E-state index in [1.54, 1.807) is 34.3 Å². The third-order valence-corrected chi connectivity index (χ3v) is 4.21. The van der Waals surface area contributed by atoms with Gasteiger partial charge in [0, 0.05) is 28.9 Å². The highest BCUT2D eigenvalue weighted by Crippen LogP contribution is 2.08. The minimum Gasteiger partial charge on any atom is -0.364 e. The fraction of sp³-hybridized carbons (Fsp3) is 0.0588. The first-order valence-corrected chi connectivity index (χ1v) is 8.15. The first kappa shape index (κ1) is 16.7. The van der Waals surface area contributed by atoms with Gasteiger partial charge in [-0.15, -0.1) is 11.3 Å². The zero-order valence-electron chi connectivity index (χ0n) is 12.9. The van der Waals surface area contributed by atoms with E-state index >= 15 is 0 Å². The molecule has 0 saturated carbocycles. The first-order valence-electron chi connectivity index (χ1n) is 7.27. The van der Waals surface area contributed by atoms with Gasteiger partial charge < -0.3 is 10.3 Å². The zero-order chi connectivity index (χ0) is 17.8. The van der Waals surface area contributed by atoms with Gasteiger partial charge in [-0.25, -0.2) is 4.39 Å². The Balaban J connectivity index is 1.91. The Bertz CT molecular complexity index is 1010. The molecular weight excluding hydrogens is 343 g/mol. The fourth-order valence-electron chi connectivity index (χ4n) is 2.17. The quantitative estimate of drug-likeness (QED) is 0.775. The number of halogens is 1. The van der Waals surface area contributed by atoms with Crippen molar-refractivity contribution in [2.24, 2.45) is 10.7 Å². The van der Waals surface area contributed by atoms with Gasteiger partial charge in [0.05, 0.1) is 6.54 Å². The molecule has 3 rings (SSSR count). The predicted molar refractivity (Wildman–Crippen MR) is 90.5 cm³/mol. The standard InChI is InChI=1S/C17H13FN4O2S/c18-13-4-2-1-3-12(13)10-22-7-8-25-17(22)21-16(24)11-5-6-20-14(9-11)15(19)23/h1-9H,10H2,(H2,19,23). The average molecular weight is 356 g/mol. The molecule has 8 heteroatoms. The average Bonchev–Trinajstić information content (AvgIpc) is 3.04. The Kier molecular flexibility index (Phi) is 4.80. The normalized spacial score (nSPS) is 11.5. The number of hydrogen-bond acceptors (Lipinski definition) is 4. The van der Waals surface area contributed by atoms with Gasteiger partial charge in [-0.2, -0.15) is 4.99 Å². The number of thiazole rings is 1. The molecule has 2 N–H and O–H groups in total. The van der Waals surface area contributed by atoms with Crippen molar-refractivity contribution in [3.8, 4) is 0 Å². The van der Waals surface area contributed by atoms with Crippen LogP contribution in [0.25, 0.3) is 0 Å². The van der Waals surface area contributed by atoms with Crippen LogP contribution in [0.2, 0.25) is 0 Å². The number of carbonyl (C=O) groups is 2. The largest absolute Gasteiger partial charge is 0.364 e. The number of nitrogens with two attached hydrogens (primary N) is 1. The van der Waals surface area contributed by atoms with E-state index in [0.29, 0.717) is 10.4 Å². The SMILES string of the molecule is NC(=O)c1cc(C(=O)N=c2sccn2Cc2ccccc2F)ccn1. The zero-order valence-corrected chi connectivity index (χ0v) is 13.7. The summed E-state index contributed by atoms with van der Waals surface area (Å²) in [6, 6.07) is 9.16. The number of aromatic nitrogens is 2. The summed E-state index contributed by atoms with van der Waals surface area (Å²) in [4.78, 5) is 31.8. The minimum atomic E-state index is -0.722. The van der Waals surface area contributed by atoms with E-state index in [-0.39, 0.29) is 23.6 Å². The highest BCUT2D eigenvalue weighted by atomic mass is 32.1. The van der Waals surface area contributed by atoms with Crippen LogP contribution in [0.4, 0.5) is 4.39 Å². The van der Waals surface area contributed by atoms with Crippen LogP contribution in [0.3, 0.4) is 0 Å². The summed E-state index contributed by atoms with van der Waals surface area (Å²) in [6.45, 7) is 0.255. The third kappa shape index (κ3) is 3.86. The Morgan fingerprint density at radius 2 is 2.08 bits per heavy atom. The summed E-state index contributed by atoms with van der Waals surface area (Å²) in [5, 5.41) is 1.76. The Labute approximate surface area is 146 Å². The number of rotatable bonds is 4. The van der Waals surface area contributed by atoms with Crippen molar-refractivity contribution in [1.29, 1.82) is 0 Å². The molecule has 0 fully saturated rings. The van der Waals surface area contributed by atoms with Gasteiger partial charge >= 0.3 is 0 Å². The topological polar surface area (TPSA) is 90.3 Å². The minimum absolute atomic E-state index is 0.00790. The summed E-state index contributed by atoms with van der Waals surface area (Å²) in [6.07, 6.45) is 3.05. The summed E-state index contributed by atoms with van der Waals surface area (Å²) >= 11 is 1.25. The maximum atomic E-state index is 13.8. The molecule has 0 aliphatic rings. The van der Waals surface area contributed by atoms with E-state index in [4.69, 9.17) is 5.73 Å². The summed E-state index contributed by atoms with van der Waals surface area (Å²) in [5.41, 5.74) is 5.85. The first-order chi connectivity index (χ1) is 12.0. The highest BCUT2D eigenvalue weighted by Gasteiger charge is 2.10. The van der Waals surface area contributed by atoms with E-state index in [2.05, 4.69) is 9.98 Å². The van der Waals surface area contributed by atoms with Crippen LogP contribution in [0.5, 0.6) is 0 Å². The van der Waals surface area contributed by atoms with Gasteiger partial charge in [0.1, 0.15) is 11.5 Å². The molecule has 126 valence electrons. The van der Waals surface area contributed by atoms with Crippen LogP contribution >= 0.6 is 11.3 Å². The van der Waals surface area contributed by atoms with E-state index in [1.165, 1.54) is 35.7 Å².